The molecule has 4 rings (SSSR count). The molecule has 25 heavy (non-hydrogen) atoms. The molecule has 7 heteroatoms. The number of nitrogens with zero attached hydrogens (tertiary/aromatic N) is 3. The molecule has 7 nitrogen and oxygen atoms in total. The number of fused-ring (bicyclic) bond motifs is 1. The van der Waals surface area contributed by atoms with E-state index in [-0.39, 0.29) is 6.03 Å². The van der Waals surface area contributed by atoms with Gasteiger partial charge in [0.15, 0.2) is 5.58 Å². The van der Waals surface area contributed by atoms with Crippen LogP contribution in [0, 0.1) is 5.92 Å². The zero-order valence-corrected chi connectivity index (χ0v) is 14.3. The van der Waals surface area contributed by atoms with E-state index >= 15 is 0 Å². The van der Waals surface area contributed by atoms with Crippen molar-refractivity contribution in [1.29, 1.82) is 0 Å². The van der Waals surface area contributed by atoms with Gasteiger partial charge >= 0.3 is 6.03 Å². The van der Waals surface area contributed by atoms with E-state index in [9.17, 15) is 4.79 Å². The Kier molecular flexibility index (Phi) is 4.85. The first-order chi connectivity index (χ1) is 12.3. The summed E-state index contributed by atoms with van der Waals surface area (Å²) >= 11 is 0. The summed E-state index contributed by atoms with van der Waals surface area (Å²) in [6.45, 7) is 6.62. The van der Waals surface area contributed by atoms with Crippen LogP contribution in [0.15, 0.2) is 28.8 Å². The quantitative estimate of drug-likeness (QED) is 0.914. The van der Waals surface area contributed by atoms with E-state index in [0.29, 0.717) is 12.5 Å². The molecule has 3 heterocycles. The number of benzene rings is 1. The smallest absolute Gasteiger partial charge is 0.317 e. The molecule has 2 fully saturated rings. The average molecular weight is 344 g/mol. The number of hydrogen-bond acceptors (Lipinski definition) is 5. The van der Waals surface area contributed by atoms with Gasteiger partial charge in [0.05, 0.1) is 13.2 Å². The number of hydrogen-bond donors (Lipinski definition) is 1. The van der Waals surface area contributed by atoms with Gasteiger partial charge in [0.2, 0.25) is 0 Å². The highest BCUT2D eigenvalue weighted by atomic mass is 16.5. The number of aromatic nitrogens is 1. The van der Waals surface area contributed by atoms with Crippen LogP contribution in [0.2, 0.25) is 0 Å². The highest BCUT2D eigenvalue weighted by molar-refractivity contribution is 5.80. The maximum atomic E-state index is 12.4. The van der Waals surface area contributed by atoms with Crippen LogP contribution in [0.3, 0.4) is 0 Å². The lowest BCUT2D eigenvalue weighted by atomic mass is 10.1. The predicted octanol–water partition coefficient (Wildman–Crippen LogP) is 1.69. The number of ether oxygens (including phenoxy) is 1. The molecule has 134 valence electrons. The van der Waals surface area contributed by atoms with Crippen LogP contribution < -0.4 is 5.32 Å². The molecule has 0 aliphatic carbocycles. The fraction of sp³-hybridized carbons (Fsp3) is 0.556. The Hall–Kier alpha value is -2.12. The third kappa shape index (κ3) is 3.77. The highest BCUT2D eigenvalue weighted by Gasteiger charge is 2.24. The lowest BCUT2D eigenvalue weighted by molar-refractivity contribution is 0.119. The van der Waals surface area contributed by atoms with Gasteiger partial charge < -0.3 is 19.5 Å². The Labute approximate surface area is 146 Å². The van der Waals surface area contributed by atoms with Crippen LogP contribution in [0.1, 0.15) is 12.1 Å². The monoisotopic (exact) mass is 344 g/mol. The predicted molar refractivity (Wildman–Crippen MR) is 93.2 cm³/mol. The Morgan fingerprint density at radius 2 is 2.08 bits per heavy atom. The first-order valence-corrected chi connectivity index (χ1v) is 8.96. The normalized spacial score (nSPS) is 21.8. The largest absolute Gasteiger partial charge is 0.381 e. The summed E-state index contributed by atoms with van der Waals surface area (Å²) in [7, 11) is 0. The molecule has 0 radical (unpaired) electrons. The molecule has 0 saturated carbocycles. The molecular formula is C18H24N4O3. The summed E-state index contributed by atoms with van der Waals surface area (Å²) < 4.78 is 10.7. The second-order valence-electron chi connectivity index (χ2n) is 6.80. The third-order valence-electron chi connectivity index (χ3n) is 5.06. The van der Waals surface area contributed by atoms with E-state index in [1.165, 1.54) is 0 Å². The van der Waals surface area contributed by atoms with Crippen molar-refractivity contribution in [2.45, 2.75) is 13.0 Å². The summed E-state index contributed by atoms with van der Waals surface area (Å²) in [6, 6.07) is 7.66. The Morgan fingerprint density at radius 1 is 1.24 bits per heavy atom. The Morgan fingerprint density at radius 3 is 2.88 bits per heavy atom. The fourth-order valence-electron chi connectivity index (χ4n) is 3.56. The van der Waals surface area contributed by atoms with Gasteiger partial charge in [0.1, 0.15) is 5.69 Å². The molecule has 2 amide bonds. The van der Waals surface area contributed by atoms with Crippen molar-refractivity contribution < 1.29 is 14.1 Å². The van der Waals surface area contributed by atoms with E-state index in [1.54, 1.807) is 0 Å². The number of piperazine rings is 1. The van der Waals surface area contributed by atoms with Gasteiger partial charge in [-0.3, -0.25) is 4.90 Å². The number of nitrogens with one attached hydrogen (secondary N) is 1. The minimum absolute atomic E-state index is 0.0315. The lowest BCUT2D eigenvalue weighted by Gasteiger charge is -2.35. The van der Waals surface area contributed by atoms with Crippen molar-refractivity contribution in [1.82, 2.24) is 20.3 Å². The Bertz CT molecular complexity index is 718. The molecule has 1 atom stereocenters. The van der Waals surface area contributed by atoms with E-state index in [0.717, 1.165) is 69.0 Å². The second-order valence-corrected chi connectivity index (χ2v) is 6.80. The summed E-state index contributed by atoms with van der Waals surface area (Å²) in [5.41, 5.74) is 1.51. The topological polar surface area (TPSA) is 70.8 Å². The number of urea groups is 1. The van der Waals surface area contributed by atoms with Crippen LogP contribution in [0.4, 0.5) is 4.79 Å². The van der Waals surface area contributed by atoms with Gasteiger partial charge in [0.25, 0.3) is 0 Å². The second kappa shape index (κ2) is 7.41. The minimum Gasteiger partial charge on any atom is -0.381 e. The number of rotatable bonds is 4. The lowest BCUT2D eigenvalue weighted by Crippen LogP contribution is -2.52. The molecule has 1 N–H and O–H groups in total. The van der Waals surface area contributed by atoms with E-state index in [2.05, 4.69) is 15.4 Å². The van der Waals surface area contributed by atoms with Crippen molar-refractivity contribution in [3.05, 3.63) is 30.0 Å². The molecule has 1 aromatic heterocycles. The maximum absolute atomic E-state index is 12.4. The molecule has 1 unspecified atom stereocenters. The van der Waals surface area contributed by atoms with Crippen LogP contribution in [0.5, 0.6) is 0 Å². The van der Waals surface area contributed by atoms with Gasteiger partial charge in [-0.1, -0.05) is 17.3 Å². The number of para-hydroxylation sites is 1. The van der Waals surface area contributed by atoms with Crippen LogP contribution in [-0.2, 0) is 11.3 Å². The van der Waals surface area contributed by atoms with Crippen molar-refractivity contribution >= 4 is 17.0 Å². The highest BCUT2D eigenvalue weighted by Crippen LogP contribution is 2.18. The average Bonchev–Trinajstić information content (AvgIpc) is 3.30. The van der Waals surface area contributed by atoms with Gasteiger partial charge in [-0.25, -0.2) is 4.79 Å². The standard InChI is InChI=1S/C18H24N4O3/c23-18(19-11-16-15-3-1-2-4-17(15)25-20-16)22-8-6-21(7-9-22)12-14-5-10-24-13-14/h1-4,14H,5-13H2,(H,19,23). The number of amides is 2. The van der Waals surface area contributed by atoms with Crippen molar-refractivity contribution in [2.75, 3.05) is 45.9 Å². The van der Waals surface area contributed by atoms with Crippen molar-refractivity contribution in [3.63, 3.8) is 0 Å². The van der Waals surface area contributed by atoms with Gasteiger partial charge in [-0.05, 0) is 24.5 Å². The van der Waals surface area contributed by atoms with Gasteiger partial charge in [-0.15, -0.1) is 0 Å². The van der Waals surface area contributed by atoms with E-state index in [1.807, 2.05) is 29.2 Å². The molecule has 2 aromatic rings. The summed E-state index contributed by atoms with van der Waals surface area (Å²) in [5.74, 6) is 0.654. The van der Waals surface area contributed by atoms with Crippen LogP contribution >= 0.6 is 0 Å². The summed E-state index contributed by atoms with van der Waals surface area (Å²) in [6.07, 6.45) is 1.16. The van der Waals surface area contributed by atoms with Gasteiger partial charge in [-0.2, -0.15) is 0 Å². The number of carbonyl (C=O) groups is 1. The minimum atomic E-state index is -0.0315. The molecule has 0 spiro atoms. The number of carbonyl (C=O) groups excluding carboxylic acids is 1. The molecule has 1 aromatic carbocycles. The zero-order valence-electron chi connectivity index (χ0n) is 14.3. The first-order valence-electron chi connectivity index (χ1n) is 8.96. The zero-order chi connectivity index (χ0) is 17.1. The van der Waals surface area contributed by atoms with Crippen molar-refractivity contribution in [3.8, 4) is 0 Å². The molecule has 2 aliphatic rings. The molecule has 0 bridgehead atoms. The van der Waals surface area contributed by atoms with Crippen LogP contribution in [-0.4, -0.2) is 66.9 Å². The molecule has 2 saturated heterocycles. The SMILES string of the molecule is O=C(NCc1noc2ccccc12)N1CCN(CC2CCOC2)CC1. The maximum Gasteiger partial charge on any atom is 0.317 e. The molecular weight excluding hydrogens is 320 g/mol. The summed E-state index contributed by atoms with van der Waals surface area (Å²) in [5, 5.41) is 7.96. The van der Waals surface area contributed by atoms with Crippen LogP contribution in [0.25, 0.3) is 11.0 Å². The van der Waals surface area contributed by atoms with E-state index in [4.69, 9.17) is 9.26 Å². The third-order valence-corrected chi connectivity index (χ3v) is 5.06. The van der Waals surface area contributed by atoms with Crippen molar-refractivity contribution in [2.24, 2.45) is 5.92 Å². The molecule has 2 aliphatic heterocycles. The first kappa shape index (κ1) is 16.4. The Balaban J connectivity index is 1.25. The van der Waals surface area contributed by atoms with Gasteiger partial charge in [0, 0.05) is 44.7 Å². The van der Waals surface area contributed by atoms with E-state index < -0.39 is 0 Å². The summed E-state index contributed by atoms with van der Waals surface area (Å²) in [4.78, 5) is 16.7. The fourth-order valence-corrected chi connectivity index (χ4v) is 3.56.